The second kappa shape index (κ2) is 7.09. The summed E-state index contributed by atoms with van der Waals surface area (Å²) in [6, 6.07) is 2.53. The molecule has 0 heterocycles. The molecule has 0 aliphatic carbocycles. The van der Waals surface area contributed by atoms with Gasteiger partial charge in [-0.2, -0.15) is 4.72 Å². The lowest BCUT2D eigenvalue weighted by Crippen LogP contribution is -2.33. The molecule has 10 heteroatoms. The number of sulfonamides is 1. The number of amides is 1. The number of esters is 1. The zero-order valence-electron chi connectivity index (χ0n) is 10.9. The Hall–Kier alpha value is -2.07. The molecule has 1 amide bonds. The summed E-state index contributed by atoms with van der Waals surface area (Å²) >= 11 is 0. The van der Waals surface area contributed by atoms with Gasteiger partial charge in [0.2, 0.25) is 10.0 Å². The van der Waals surface area contributed by atoms with E-state index in [9.17, 15) is 26.8 Å². The topological polar surface area (TPSA) is 102 Å². The fourth-order valence-corrected chi connectivity index (χ4v) is 2.34. The smallest absolute Gasteiger partial charge is 0.321 e. The van der Waals surface area contributed by atoms with Crippen LogP contribution in [0.4, 0.5) is 8.78 Å². The first-order chi connectivity index (χ1) is 9.77. The molecule has 0 aromatic heterocycles. The van der Waals surface area contributed by atoms with Crippen molar-refractivity contribution in [1.29, 1.82) is 0 Å². The van der Waals surface area contributed by atoms with Crippen molar-refractivity contribution in [2.24, 2.45) is 0 Å². The molecular formula is C11H12F2N2O5S. The van der Waals surface area contributed by atoms with Gasteiger partial charge in [0, 0.05) is 7.05 Å². The average molecular weight is 322 g/mol. The molecule has 0 unspecified atom stereocenters. The third-order valence-corrected chi connectivity index (χ3v) is 3.69. The molecule has 1 rings (SSSR count). The summed E-state index contributed by atoms with van der Waals surface area (Å²) in [6.45, 7) is -1.46. The maximum Gasteiger partial charge on any atom is 0.321 e. The monoisotopic (exact) mass is 322 g/mol. The van der Waals surface area contributed by atoms with Gasteiger partial charge in [0.05, 0.1) is 0 Å². The van der Waals surface area contributed by atoms with Crippen molar-refractivity contribution in [2.75, 3.05) is 20.2 Å². The molecule has 0 radical (unpaired) electrons. The van der Waals surface area contributed by atoms with Gasteiger partial charge in [-0.15, -0.1) is 0 Å². The van der Waals surface area contributed by atoms with Crippen molar-refractivity contribution in [3.63, 3.8) is 0 Å². The highest BCUT2D eigenvalue weighted by Gasteiger charge is 2.24. The van der Waals surface area contributed by atoms with E-state index in [-0.39, 0.29) is 0 Å². The van der Waals surface area contributed by atoms with Gasteiger partial charge < -0.3 is 10.1 Å². The Balaban J connectivity index is 2.70. The number of likely N-dealkylation sites (N-methyl/N-ethyl adjacent to an activating group) is 1. The van der Waals surface area contributed by atoms with E-state index in [1.807, 2.05) is 0 Å². The van der Waals surface area contributed by atoms with Gasteiger partial charge in [0.25, 0.3) is 5.91 Å². The summed E-state index contributed by atoms with van der Waals surface area (Å²) in [5.74, 6) is -4.24. The summed E-state index contributed by atoms with van der Waals surface area (Å²) in [7, 11) is -3.24. The van der Waals surface area contributed by atoms with Crippen molar-refractivity contribution in [3.8, 4) is 0 Å². The van der Waals surface area contributed by atoms with Gasteiger partial charge in [-0.3, -0.25) is 9.59 Å². The number of halogens is 2. The minimum atomic E-state index is -4.56. The van der Waals surface area contributed by atoms with Crippen LogP contribution in [0, 0.1) is 11.6 Å². The van der Waals surface area contributed by atoms with Crippen molar-refractivity contribution in [3.05, 3.63) is 29.8 Å². The van der Waals surface area contributed by atoms with Gasteiger partial charge in [-0.05, 0) is 12.1 Å². The van der Waals surface area contributed by atoms with E-state index in [2.05, 4.69) is 10.1 Å². The molecule has 21 heavy (non-hydrogen) atoms. The van der Waals surface area contributed by atoms with Crippen LogP contribution in [-0.4, -0.2) is 40.5 Å². The highest BCUT2D eigenvalue weighted by molar-refractivity contribution is 7.89. The normalized spacial score (nSPS) is 11.0. The summed E-state index contributed by atoms with van der Waals surface area (Å²) in [4.78, 5) is 20.8. The van der Waals surface area contributed by atoms with E-state index < -0.39 is 51.6 Å². The molecule has 0 atom stereocenters. The van der Waals surface area contributed by atoms with Crippen LogP contribution in [0.25, 0.3) is 0 Å². The van der Waals surface area contributed by atoms with E-state index >= 15 is 0 Å². The van der Waals surface area contributed by atoms with Crippen LogP contribution in [0.1, 0.15) is 0 Å². The van der Waals surface area contributed by atoms with Gasteiger partial charge in [-0.1, -0.05) is 6.07 Å². The SMILES string of the molecule is CNC(=O)COC(=O)CNS(=O)(=O)c1c(F)cccc1F. The summed E-state index contributed by atoms with van der Waals surface area (Å²) in [5, 5.41) is 2.18. The third kappa shape index (κ3) is 4.76. The number of hydrogen-bond acceptors (Lipinski definition) is 5. The minimum Gasteiger partial charge on any atom is -0.455 e. The lowest BCUT2D eigenvalue weighted by atomic mass is 10.3. The van der Waals surface area contributed by atoms with E-state index in [1.165, 1.54) is 7.05 Å². The maximum atomic E-state index is 13.3. The second-order valence-corrected chi connectivity index (χ2v) is 5.41. The van der Waals surface area contributed by atoms with Crippen molar-refractivity contribution < 1.29 is 31.5 Å². The van der Waals surface area contributed by atoms with E-state index in [1.54, 1.807) is 4.72 Å². The zero-order valence-corrected chi connectivity index (χ0v) is 11.7. The molecule has 0 fully saturated rings. The van der Waals surface area contributed by atoms with E-state index in [0.29, 0.717) is 0 Å². The Morgan fingerprint density at radius 2 is 1.81 bits per heavy atom. The number of rotatable bonds is 6. The van der Waals surface area contributed by atoms with Crippen LogP contribution in [0.5, 0.6) is 0 Å². The molecule has 0 aliphatic rings. The molecular weight excluding hydrogens is 310 g/mol. The van der Waals surface area contributed by atoms with Gasteiger partial charge in [-0.25, -0.2) is 17.2 Å². The number of carbonyl (C=O) groups is 2. The van der Waals surface area contributed by atoms with Crippen LogP contribution in [-0.2, 0) is 24.3 Å². The molecule has 2 N–H and O–H groups in total. The predicted octanol–water partition coefficient (Wildman–Crippen LogP) is -0.468. The summed E-state index contributed by atoms with van der Waals surface area (Å²) < 4.78 is 56.2. The highest BCUT2D eigenvalue weighted by Crippen LogP contribution is 2.17. The molecule has 1 aromatic rings. The fraction of sp³-hybridized carbons (Fsp3) is 0.273. The number of nitrogens with one attached hydrogen (secondary N) is 2. The number of benzene rings is 1. The molecule has 0 spiro atoms. The molecule has 0 saturated heterocycles. The zero-order chi connectivity index (χ0) is 16.0. The summed E-state index contributed by atoms with van der Waals surface area (Å²) in [6.07, 6.45) is 0. The number of hydrogen-bond donors (Lipinski definition) is 2. The first-order valence-corrected chi connectivity index (χ1v) is 7.06. The van der Waals surface area contributed by atoms with E-state index in [0.717, 1.165) is 18.2 Å². The Morgan fingerprint density at radius 1 is 1.24 bits per heavy atom. The van der Waals surface area contributed by atoms with Crippen LogP contribution in [0.2, 0.25) is 0 Å². The van der Waals surface area contributed by atoms with Gasteiger partial charge in [0.15, 0.2) is 11.5 Å². The first-order valence-electron chi connectivity index (χ1n) is 5.58. The minimum absolute atomic E-state index is 0.591. The first kappa shape index (κ1) is 17.0. The summed E-state index contributed by atoms with van der Waals surface area (Å²) in [5.41, 5.74) is 0. The van der Waals surface area contributed by atoms with Crippen LogP contribution >= 0.6 is 0 Å². The van der Waals surface area contributed by atoms with Crippen molar-refractivity contribution in [1.82, 2.24) is 10.0 Å². The molecule has 0 aliphatic heterocycles. The molecule has 1 aromatic carbocycles. The fourth-order valence-electron chi connectivity index (χ4n) is 1.23. The van der Waals surface area contributed by atoms with Crippen LogP contribution in [0.15, 0.2) is 23.1 Å². The van der Waals surface area contributed by atoms with Crippen molar-refractivity contribution in [2.45, 2.75) is 4.90 Å². The quantitative estimate of drug-likeness (QED) is 0.690. The molecule has 0 bridgehead atoms. The predicted molar refractivity (Wildman–Crippen MR) is 66.6 cm³/mol. The van der Waals surface area contributed by atoms with Crippen molar-refractivity contribution >= 4 is 21.9 Å². The third-order valence-electron chi connectivity index (χ3n) is 2.24. The lowest BCUT2D eigenvalue weighted by molar-refractivity contribution is -0.147. The van der Waals surface area contributed by atoms with Crippen LogP contribution < -0.4 is 10.0 Å². The second-order valence-electron chi connectivity index (χ2n) is 3.71. The number of ether oxygens (including phenoxy) is 1. The Labute approximate surface area is 119 Å². The standard InChI is InChI=1S/C11H12F2N2O5S/c1-14-9(16)6-20-10(17)5-15-21(18,19)11-7(12)3-2-4-8(11)13/h2-4,15H,5-6H2,1H3,(H,14,16). The molecule has 0 saturated carbocycles. The largest absolute Gasteiger partial charge is 0.455 e. The number of carbonyl (C=O) groups excluding carboxylic acids is 2. The lowest BCUT2D eigenvalue weighted by Gasteiger charge is -2.08. The van der Waals surface area contributed by atoms with Crippen LogP contribution in [0.3, 0.4) is 0 Å². The van der Waals surface area contributed by atoms with E-state index in [4.69, 9.17) is 0 Å². The van der Waals surface area contributed by atoms with Gasteiger partial charge >= 0.3 is 5.97 Å². The Morgan fingerprint density at radius 3 is 2.33 bits per heavy atom. The van der Waals surface area contributed by atoms with Gasteiger partial charge in [0.1, 0.15) is 18.2 Å². The Kier molecular flexibility index (Phi) is 5.73. The highest BCUT2D eigenvalue weighted by atomic mass is 32.2. The molecule has 116 valence electrons. The maximum absolute atomic E-state index is 13.3. The molecule has 7 nitrogen and oxygen atoms in total. The Bertz CT molecular complexity index is 628. The average Bonchev–Trinajstić information content (AvgIpc) is 2.42.